The first-order valence-electron chi connectivity index (χ1n) is 7.75. The number of nitrogens with zero attached hydrogens (tertiary/aromatic N) is 1. The quantitative estimate of drug-likeness (QED) is 0.881. The number of hydrogen-bond acceptors (Lipinski definition) is 2. The van der Waals surface area contributed by atoms with Crippen LogP contribution in [0.3, 0.4) is 0 Å². The highest BCUT2D eigenvalue weighted by molar-refractivity contribution is 5.47. The van der Waals surface area contributed by atoms with Crippen molar-refractivity contribution in [2.75, 3.05) is 13.1 Å². The molecule has 3 heteroatoms. The number of amides is 1. The Balaban J connectivity index is 1.86. The predicted octanol–water partition coefficient (Wildman–Crippen LogP) is 2.72. The molecule has 1 saturated heterocycles. The second kappa shape index (κ2) is 6.32. The maximum absolute atomic E-state index is 11.1. The number of rotatable bonds is 4. The lowest BCUT2D eigenvalue weighted by molar-refractivity contribution is -0.122. The van der Waals surface area contributed by atoms with Gasteiger partial charge >= 0.3 is 0 Å². The number of hydrogen-bond donors (Lipinski definition) is 1. The molecule has 2 aromatic carbocycles. The van der Waals surface area contributed by atoms with Crippen LogP contribution in [0, 0.1) is 0 Å². The third kappa shape index (κ3) is 3.04. The van der Waals surface area contributed by atoms with E-state index in [-0.39, 0.29) is 0 Å². The van der Waals surface area contributed by atoms with Crippen LogP contribution in [0.4, 0.5) is 0 Å². The van der Waals surface area contributed by atoms with E-state index in [9.17, 15) is 9.90 Å². The Hall–Kier alpha value is -2.13. The Morgan fingerprint density at radius 3 is 2.32 bits per heavy atom. The number of likely N-dealkylation sites (tertiary alicyclic amines) is 1. The van der Waals surface area contributed by atoms with Gasteiger partial charge in [0, 0.05) is 13.1 Å². The van der Waals surface area contributed by atoms with Crippen molar-refractivity contribution >= 4 is 6.41 Å². The monoisotopic (exact) mass is 295 g/mol. The fraction of sp³-hybridized carbons (Fsp3) is 0.316. The molecule has 114 valence electrons. The highest BCUT2D eigenvalue weighted by Crippen LogP contribution is 2.35. The predicted molar refractivity (Wildman–Crippen MR) is 86.5 cm³/mol. The first-order chi connectivity index (χ1) is 10.7. The minimum Gasteiger partial charge on any atom is -0.385 e. The molecule has 1 N–H and O–H groups in total. The van der Waals surface area contributed by atoms with Gasteiger partial charge in [0.2, 0.25) is 6.41 Å². The minimum atomic E-state index is -0.828. The van der Waals surface area contributed by atoms with Gasteiger partial charge in [-0.15, -0.1) is 0 Å². The summed E-state index contributed by atoms with van der Waals surface area (Å²) in [7, 11) is 0. The summed E-state index contributed by atoms with van der Waals surface area (Å²) in [6.45, 7) is 1.22. The van der Waals surface area contributed by atoms with Crippen molar-refractivity contribution in [3.8, 4) is 0 Å². The van der Waals surface area contributed by atoms with Crippen molar-refractivity contribution in [3.63, 3.8) is 0 Å². The topological polar surface area (TPSA) is 40.5 Å². The summed E-state index contributed by atoms with van der Waals surface area (Å²) in [6, 6.07) is 18.4. The Bertz CT molecular complexity index is 631. The molecule has 0 unspecified atom stereocenters. The van der Waals surface area contributed by atoms with Gasteiger partial charge in [0.15, 0.2) is 0 Å². The van der Waals surface area contributed by atoms with Crippen LogP contribution < -0.4 is 0 Å². The third-order valence-corrected chi connectivity index (χ3v) is 4.53. The average molecular weight is 295 g/mol. The fourth-order valence-electron chi connectivity index (χ4n) is 3.21. The van der Waals surface area contributed by atoms with Crippen LogP contribution in [0.25, 0.3) is 0 Å². The molecule has 1 heterocycles. The van der Waals surface area contributed by atoms with Gasteiger partial charge in [-0.3, -0.25) is 4.79 Å². The number of benzene rings is 2. The maximum Gasteiger partial charge on any atom is 0.209 e. The largest absolute Gasteiger partial charge is 0.385 e. The highest BCUT2D eigenvalue weighted by Gasteiger charge is 2.35. The Labute approximate surface area is 131 Å². The van der Waals surface area contributed by atoms with Crippen LogP contribution in [0.2, 0.25) is 0 Å². The standard InChI is InChI=1S/C19H21NO2/c21-15-20-12-10-19(22,11-13-20)18-9-5-4-8-17(18)14-16-6-2-1-3-7-16/h1-9,15,22H,10-14H2. The smallest absolute Gasteiger partial charge is 0.209 e. The van der Waals surface area contributed by atoms with E-state index in [0.29, 0.717) is 25.9 Å². The average Bonchev–Trinajstić information content (AvgIpc) is 2.57. The van der Waals surface area contributed by atoms with Crippen LogP contribution in [-0.4, -0.2) is 29.5 Å². The van der Waals surface area contributed by atoms with Gasteiger partial charge in [0.1, 0.15) is 0 Å². The van der Waals surface area contributed by atoms with E-state index in [1.165, 1.54) is 5.56 Å². The van der Waals surface area contributed by atoms with Gasteiger partial charge in [-0.05, 0) is 36.0 Å². The van der Waals surface area contributed by atoms with Crippen LogP contribution in [-0.2, 0) is 16.8 Å². The molecule has 1 aliphatic heterocycles. The fourth-order valence-corrected chi connectivity index (χ4v) is 3.21. The summed E-state index contributed by atoms with van der Waals surface area (Å²) >= 11 is 0. The van der Waals surface area contributed by atoms with E-state index < -0.39 is 5.60 Å². The normalized spacial score (nSPS) is 17.2. The second-order valence-electron chi connectivity index (χ2n) is 5.99. The lowest BCUT2D eigenvalue weighted by Gasteiger charge is -2.38. The first kappa shape index (κ1) is 14.8. The summed E-state index contributed by atoms with van der Waals surface area (Å²) in [4.78, 5) is 12.6. The molecular weight excluding hydrogens is 274 g/mol. The van der Waals surface area contributed by atoms with Gasteiger partial charge in [-0.25, -0.2) is 0 Å². The molecule has 0 atom stereocenters. The van der Waals surface area contributed by atoms with Crippen molar-refractivity contribution in [2.24, 2.45) is 0 Å². The summed E-state index contributed by atoms with van der Waals surface area (Å²) in [5, 5.41) is 11.1. The Kier molecular flexibility index (Phi) is 4.25. The lowest BCUT2D eigenvalue weighted by Crippen LogP contribution is -2.42. The maximum atomic E-state index is 11.1. The Morgan fingerprint density at radius 1 is 1.00 bits per heavy atom. The number of piperidine rings is 1. The molecule has 1 aliphatic rings. The molecule has 1 fully saturated rings. The molecule has 2 aromatic rings. The molecule has 22 heavy (non-hydrogen) atoms. The first-order valence-corrected chi connectivity index (χ1v) is 7.75. The zero-order valence-electron chi connectivity index (χ0n) is 12.6. The Morgan fingerprint density at radius 2 is 1.64 bits per heavy atom. The lowest BCUT2D eigenvalue weighted by atomic mass is 9.81. The van der Waals surface area contributed by atoms with Crippen molar-refractivity contribution in [2.45, 2.75) is 24.9 Å². The molecule has 0 bridgehead atoms. The summed E-state index contributed by atoms with van der Waals surface area (Å²) in [6.07, 6.45) is 2.88. The van der Waals surface area contributed by atoms with E-state index in [0.717, 1.165) is 24.0 Å². The molecule has 0 spiro atoms. The zero-order chi connectivity index (χ0) is 15.4. The number of aliphatic hydroxyl groups is 1. The second-order valence-corrected chi connectivity index (χ2v) is 5.99. The van der Waals surface area contributed by atoms with Gasteiger partial charge in [0.05, 0.1) is 5.60 Å². The van der Waals surface area contributed by atoms with Crippen LogP contribution in [0.5, 0.6) is 0 Å². The molecule has 0 aromatic heterocycles. The molecule has 3 rings (SSSR count). The van der Waals surface area contributed by atoms with E-state index in [1.54, 1.807) is 4.90 Å². The van der Waals surface area contributed by atoms with Crippen molar-refractivity contribution in [1.29, 1.82) is 0 Å². The summed E-state index contributed by atoms with van der Waals surface area (Å²) in [5.74, 6) is 0. The van der Waals surface area contributed by atoms with Crippen LogP contribution in [0.15, 0.2) is 54.6 Å². The van der Waals surface area contributed by atoms with Crippen LogP contribution >= 0.6 is 0 Å². The van der Waals surface area contributed by atoms with Gasteiger partial charge in [-0.2, -0.15) is 0 Å². The number of carbonyl (C=O) groups is 1. The van der Waals surface area contributed by atoms with Crippen LogP contribution in [0.1, 0.15) is 29.5 Å². The van der Waals surface area contributed by atoms with Crippen molar-refractivity contribution < 1.29 is 9.90 Å². The molecular formula is C19H21NO2. The summed E-state index contributed by atoms with van der Waals surface area (Å²) < 4.78 is 0. The molecule has 1 amide bonds. The van der Waals surface area contributed by atoms with E-state index in [4.69, 9.17) is 0 Å². The highest BCUT2D eigenvalue weighted by atomic mass is 16.3. The third-order valence-electron chi connectivity index (χ3n) is 4.53. The van der Waals surface area contributed by atoms with Gasteiger partial charge < -0.3 is 10.0 Å². The molecule has 0 saturated carbocycles. The minimum absolute atomic E-state index is 0.595. The molecule has 0 aliphatic carbocycles. The van der Waals surface area contributed by atoms with Gasteiger partial charge in [-0.1, -0.05) is 54.6 Å². The SMILES string of the molecule is O=CN1CCC(O)(c2ccccc2Cc2ccccc2)CC1. The van der Waals surface area contributed by atoms with E-state index in [2.05, 4.69) is 18.2 Å². The van der Waals surface area contributed by atoms with Crippen molar-refractivity contribution in [1.82, 2.24) is 4.90 Å². The van der Waals surface area contributed by atoms with E-state index >= 15 is 0 Å². The summed E-state index contributed by atoms with van der Waals surface area (Å²) in [5.41, 5.74) is 2.58. The van der Waals surface area contributed by atoms with E-state index in [1.807, 2.05) is 36.4 Å². The van der Waals surface area contributed by atoms with Gasteiger partial charge in [0.25, 0.3) is 0 Å². The molecule has 3 nitrogen and oxygen atoms in total. The molecule has 0 radical (unpaired) electrons. The van der Waals surface area contributed by atoms with Crippen molar-refractivity contribution in [3.05, 3.63) is 71.3 Å². The zero-order valence-corrected chi connectivity index (χ0v) is 12.6. The number of carbonyl (C=O) groups excluding carboxylic acids is 1.